The first kappa shape index (κ1) is 14.7. The van der Waals surface area contributed by atoms with Gasteiger partial charge >= 0.3 is 6.18 Å². The van der Waals surface area contributed by atoms with Crippen LogP contribution in [-0.2, 0) is 11.8 Å². The first-order valence-corrected chi connectivity index (χ1v) is 7.32. The monoisotopic (exact) mass is 290 g/mol. The lowest BCUT2D eigenvalue weighted by Crippen LogP contribution is -2.39. The molecule has 1 saturated heterocycles. The van der Waals surface area contributed by atoms with Crippen molar-refractivity contribution >= 4 is 11.8 Å². The first-order chi connectivity index (χ1) is 8.75. The van der Waals surface area contributed by atoms with Crippen LogP contribution in [0.15, 0.2) is 18.2 Å². The van der Waals surface area contributed by atoms with E-state index in [2.05, 4.69) is 0 Å². The molecular formula is C14H17F3OS. The average Bonchev–Trinajstić information content (AvgIpc) is 2.31. The lowest BCUT2D eigenvalue weighted by atomic mass is 9.83. The van der Waals surface area contributed by atoms with Crippen molar-refractivity contribution < 1.29 is 18.3 Å². The van der Waals surface area contributed by atoms with Crippen LogP contribution in [0.1, 0.15) is 36.5 Å². The third-order valence-corrected chi connectivity index (χ3v) is 5.18. The summed E-state index contributed by atoms with van der Waals surface area (Å²) in [4.78, 5) is 0. The van der Waals surface area contributed by atoms with Crippen molar-refractivity contribution in [3.05, 3.63) is 34.9 Å². The average molecular weight is 290 g/mol. The van der Waals surface area contributed by atoms with Crippen LogP contribution >= 0.6 is 11.8 Å². The Hall–Kier alpha value is -0.680. The van der Waals surface area contributed by atoms with E-state index in [1.165, 1.54) is 6.07 Å². The fourth-order valence-electron chi connectivity index (χ4n) is 2.62. The number of hydrogen-bond donors (Lipinski definition) is 1. The van der Waals surface area contributed by atoms with Crippen LogP contribution in [0.2, 0.25) is 0 Å². The number of rotatable bonds is 1. The molecule has 2 atom stereocenters. The minimum Gasteiger partial charge on any atom is -0.384 e. The van der Waals surface area contributed by atoms with Crippen LogP contribution in [-0.4, -0.2) is 16.1 Å². The van der Waals surface area contributed by atoms with Crippen molar-refractivity contribution in [3.8, 4) is 0 Å². The van der Waals surface area contributed by atoms with Crippen molar-refractivity contribution in [1.29, 1.82) is 0 Å². The van der Waals surface area contributed by atoms with Gasteiger partial charge in [-0.05, 0) is 48.8 Å². The van der Waals surface area contributed by atoms with Crippen molar-refractivity contribution in [2.24, 2.45) is 0 Å². The van der Waals surface area contributed by atoms with E-state index in [9.17, 15) is 18.3 Å². The molecule has 1 nitrogen and oxygen atoms in total. The van der Waals surface area contributed by atoms with E-state index in [4.69, 9.17) is 0 Å². The van der Waals surface area contributed by atoms with Gasteiger partial charge in [0.05, 0.1) is 5.56 Å². The highest BCUT2D eigenvalue weighted by Crippen LogP contribution is 2.43. The molecule has 0 saturated carbocycles. The molecule has 0 bridgehead atoms. The largest absolute Gasteiger partial charge is 0.416 e. The van der Waals surface area contributed by atoms with Gasteiger partial charge in [0, 0.05) is 5.25 Å². The Labute approximate surface area is 115 Å². The van der Waals surface area contributed by atoms with Crippen LogP contribution in [0.3, 0.4) is 0 Å². The van der Waals surface area contributed by atoms with Crippen LogP contribution in [0.4, 0.5) is 13.2 Å². The summed E-state index contributed by atoms with van der Waals surface area (Å²) in [6.45, 7) is 3.56. The molecule has 0 spiro atoms. The summed E-state index contributed by atoms with van der Waals surface area (Å²) in [5, 5.41) is 10.8. The minimum absolute atomic E-state index is 0.00307. The Morgan fingerprint density at radius 2 is 2.05 bits per heavy atom. The maximum atomic E-state index is 12.6. The third kappa shape index (κ3) is 2.77. The molecular weight excluding hydrogens is 273 g/mol. The maximum Gasteiger partial charge on any atom is 0.416 e. The van der Waals surface area contributed by atoms with E-state index in [-0.39, 0.29) is 5.25 Å². The molecule has 1 aromatic carbocycles. The maximum absolute atomic E-state index is 12.6. The number of benzene rings is 1. The SMILES string of the molecule is Cc1cc(C(F)(F)F)ccc1C1(O)CCCSC1C. The van der Waals surface area contributed by atoms with Crippen LogP contribution in [0, 0.1) is 6.92 Å². The summed E-state index contributed by atoms with van der Waals surface area (Å²) in [6, 6.07) is 3.62. The van der Waals surface area contributed by atoms with Crippen molar-refractivity contribution in [1.82, 2.24) is 0 Å². The second kappa shape index (κ2) is 5.02. The Morgan fingerprint density at radius 1 is 1.37 bits per heavy atom. The number of aryl methyl sites for hydroxylation is 1. The molecule has 19 heavy (non-hydrogen) atoms. The molecule has 1 fully saturated rings. The predicted octanol–water partition coefficient (Wildman–Crippen LogP) is 4.12. The Kier molecular flexibility index (Phi) is 3.89. The van der Waals surface area contributed by atoms with Gasteiger partial charge in [-0.1, -0.05) is 13.0 Å². The molecule has 106 valence electrons. The fraction of sp³-hybridized carbons (Fsp3) is 0.571. The van der Waals surface area contributed by atoms with Crippen LogP contribution in [0.5, 0.6) is 0 Å². The van der Waals surface area contributed by atoms with E-state index in [1.807, 2.05) is 6.92 Å². The molecule has 0 radical (unpaired) electrons. The van der Waals surface area contributed by atoms with E-state index < -0.39 is 17.3 Å². The number of halogens is 3. The Bertz CT molecular complexity index is 472. The summed E-state index contributed by atoms with van der Waals surface area (Å²) < 4.78 is 37.9. The Balaban J connectivity index is 2.41. The summed E-state index contributed by atoms with van der Waals surface area (Å²) in [5.41, 5.74) is -0.544. The second-order valence-electron chi connectivity index (χ2n) is 5.07. The normalized spacial score (nSPS) is 28.4. The second-order valence-corrected chi connectivity index (χ2v) is 6.52. The highest BCUT2D eigenvalue weighted by atomic mass is 32.2. The molecule has 2 unspecified atom stereocenters. The lowest BCUT2D eigenvalue weighted by molar-refractivity contribution is -0.137. The summed E-state index contributed by atoms with van der Waals surface area (Å²) in [5.74, 6) is 0.989. The first-order valence-electron chi connectivity index (χ1n) is 6.27. The molecule has 5 heteroatoms. The highest BCUT2D eigenvalue weighted by Gasteiger charge is 2.40. The van der Waals surface area contributed by atoms with E-state index >= 15 is 0 Å². The molecule has 1 aliphatic rings. The van der Waals surface area contributed by atoms with Gasteiger partial charge in [-0.15, -0.1) is 0 Å². The molecule has 1 heterocycles. The quantitative estimate of drug-likeness (QED) is 0.839. The standard InChI is InChI=1S/C14H17F3OS/c1-9-8-11(14(15,16)17)4-5-12(9)13(18)6-3-7-19-10(13)2/h4-5,8,10,18H,3,6-7H2,1-2H3. The molecule has 1 aliphatic heterocycles. The van der Waals surface area contributed by atoms with Gasteiger partial charge in [0.15, 0.2) is 0 Å². The van der Waals surface area contributed by atoms with Gasteiger partial charge in [0.1, 0.15) is 5.60 Å². The van der Waals surface area contributed by atoms with Gasteiger partial charge in [0.25, 0.3) is 0 Å². The van der Waals surface area contributed by atoms with Crippen molar-refractivity contribution in [2.75, 3.05) is 5.75 Å². The molecule has 0 amide bonds. The molecule has 0 aromatic heterocycles. The highest BCUT2D eigenvalue weighted by molar-refractivity contribution is 8.00. The van der Waals surface area contributed by atoms with E-state index in [0.29, 0.717) is 17.5 Å². The summed E-state index contributed by atoms with van der Waals surface area (Å²) >= 11 is 1.67. The predicted molar refractivity (Wildman–Crippen MR) is 71.2 cm³/mol. The lowest BCUT2D eigenvalue weighted by Gasteiger charge is -2.39. The minimum atomic E-state index is -4.33. The number of aliphatic hydroxyl groups is 1. The van der Waals surface area contributed by atoms with Gasteiger partial charge in [-0.3, -0.25) is 0 Å². The molecule has 0 aliphatic carbocycles. The topological polar surface area (TPSA) is 20.2 Å². The van der Waals surface area contributed by atoms with Crippen molar-refractivity contribution in [3.63, 3.8) is 0 Å². The molecule has 1 N–H and O–H groups in total. The van der Waals surface area contributed by atoms with Gasteiger partial charge in [-0.2, -0.15) is 24.9 Å². The number of alkyl halides is 3. The number of hydrogen-bond acceptors (Lipinski definition) is 2. The third-order valence-electron chi connectivity index (χ3n) is 3.76. The summed E-state index contributed by atoms with van der Waals surface area (Å²) in [7, 11) is 0. The van der Waals surface area contributed by atoms with Gasteiger partial charge < -0.3 is 5.11 Å². The zero-order valence-corrected chi connectivity index (χ0v) is 11.7. The van der Waals surface area contributed by atoms with Gasteiger partial charge in [-0.25, -0.2) is 0 Å². The smallest absolute Gasteiger partial charge is 0.384 e. The van der Waals surface area contributed by atoms with Crippen molar-refractivity contribution in [2.45, 2.75) is 43.7 Å². The molecule has 1 aromatic rings. The Morgan fingerprint density at radius 3 is 2.58 bits per heavy atom. The fourth-order valence-corrected chi connectivity index (χ4v) is 3.81. The zero-order valence-electron chi connectivity index (χ0n) is 10.9. The zero-order chi connectivity index (χ0) is 14.3. The summed E-state index contributed by atoms with van der Waals surface area (Å²) in [6.07, 6.45) is -2.85. The van der Waals surface area contributed by atoms with Crippen LogP contribution < -0.4 is 0 Å². The van der Waals surface area contributed by atoms with E-state index in [1.54, 1.807) is 18.7 Å². The van der Waals surface area contributed by atoms with Crippen LogP contribution in [0.25, 0.3) is 0 Å². The number of thioether (sulfide) groups is 1. The van der Waals surface area contributed by atoms with E-state index in [0.717, 1.165) is 24.3 Å². The molecule has 2 rings (SSSR count). The van der Waals surface area contributed by atoms with Gasteiger partial charge in [0.2, 0.25) is 0 Å².